The topological polar surface area (TPSA) is 60.4 Å². The molecule has 0 N–H and O–H groups in total. The van der Waals surface area contributed by atoms with E-state index in [4.69, 9.17) is 19.2 Å². The Bertz CT molecular complexity index is 1330. The number of rotatable bonds is 11. The van der Waals surface area contributed by atoms with Gasteiger partial charge in [0.25, 0.3) is 5.91 Å². The first kappa shape index (κ1) is 27.9. The summed E-state index contributed by atoms with van der Waals surface area (Å²) in [7, 11) is 0. The van der Waals surface area contributed by atoms with E-state index in [-0.39, 0.29) is 18.3 Å². The van der Waals surface area contributed by atoms with Gasteiger partial charge in [-0.1, -0.05) is 30.3 Å². The molecule has 0 aliphatic carbocycles. The summed E-state index contributed by atoms with van der Waals surface area (Å²) in [4.78, 5) is 20.3. The number of aliphatic imine (C=N–C) groups is 1. The monoisotopic (exact) mass is 598 g/mol. The minimum atomic E-state index is -0.318. The van der Waals surface area contributed by atoms with E-state index in [2.05, 4.69) is 15.9 Å². The first-order valence-electron chi connectivity index (χ1n) is 12.2. The molecule has 1 aliphatic rings. The Balaban J connectivity index is 1.61. The van der Waals surface area contributed by atoms with E-state index in [1.54, 1.807) is 17.0 Å². The maximum Gasteiger partial charge on any atom is 0.266 e. The van der Waals surface area contributed by atoms with Crippen LogP contribution in [0.3, 0.4) is 0 Å². The number of thioether (sulfide) groups is 1. The van der Waals surface area contributed by atoms with Gasteiger partial charge in [0.15, 0.2) is 16.7 Å². The molecule has 9 heteroatoms. The standard InChI is InChI=1S/C29H28BrFN2O4S/c1-3-35-14-13-33-28(34)26(38-29(33)32-23-11-6-5-7-12-23)18-21-16-24(30)27(25(17-21)36-4-2)37-19-20-9-8-10-22(31)15-20/h5-12,15-18H,3-4,13-14,19H2,1-2H3/b26-18-,32-29?. The van der Waals surface area contributed by atoms with Gasteiger partial charge in [-0.3, -0.25) is 9.69 Å². The Morgan fingerprint density at radius 3 is 2.58 bits per heavy atom. The second-order valence-corrected chi connectivity index (χ2v) is 10.0. The van der Waals surface area contributed by atoms with Gasteiger partial charge < -0.3 is 14.2 Å². The lowest BCUT2D eigenvalue weighted by molar-refractivity contribution is -0.122. The van der Waals surface area contributed by atoms with Crippen molar-refractivity contribution in [3.05, 3.63) is 93.1 Å². The quantitative estimate of drug-likeness (QED) is 0.172. The van der Waals surface area contributed by atoms with Crippen LogP contribution in [0.1, 0.15) is 25.0 Å². The van der Waals surface area contributed by atoms with Gasteiger partial charge in [-0.05, 0) is 95.1 Å². The van der Waals surface area contributed by atoms with Crippen molar-refractivity contribution in [1.29, 1.82) is 0 Å². The first-order chi connectivity index (χ1) is 18.5. The molecular weight excluding hydrogens is 571 g/mol. The van der Waals surface area contributed by atoms with E-state index in [1.807, 2.05) is 62.4 Å². The molecule has 0 aromatic heterocycles. The molecule has 3 aromatic rings. The first-order valence-corrected chi connectivity index (χ1v) is 13.9. The van der Waals surface area contributed by atoms with Crippen molar-refractivity contribution in [1.82, 2.24) is 4.90 Å². The normalized spacial score (nSPS) is 15.5. The molecule has 1 amide bonds. The summed E-state index contributed by atoms with van der Waals surface area (Å²) in [5.74, 6) is 0.576. The number of ether oxygens (including phenoxy) is 3. The minimum absolute atomic E-state index is 0.134. The Morgan fingerprint density at radius 2 is 1.84 bits per heavy atom. The van der Waals surface area contributed by atoms with Crippen molar-refractivity contribution >= 4 is 50.5 Å². The zero-order valence-corrected chi connectivity index (χ0v) is 23.6. The highest BCUT2D eigenvalue weighted by molar-refractivity contribution is 9.10. The number of carbonyl (C=O) groups is 1. The van der Waals surface area contributed by atoms with E-state index in [9.17, 15) is 9.18 Å². The number of hydrogen-bond donors (Lipinski definition) is 0. The summed E-state index contributed by atoms with van der Waals surface area (Å²) in [6.45, 7) is 5.81. The molecule has 0 radical (unpaired) electrons. The van der Waals surface area contributed by atoms with E-state index >= 15 is 0 Å². The molecule has 0 unspecified atom stereocenters. The number of halogens is 2. The number of para-hydroxylation sites is 1. The average Bonchev–Trinajstić information content (AvgIpc) is 3.18. The Labute approximate surface area is 234 Å². The third-order valence-corrected chi connectivity index (χ3v) is 7.03. The van der Waals surface area contributed by atoms with Crippen molar-refractivity contribution in [2.24, 2.45) is 4.99 Å². The van der Waals surface area contributed by atoms with Gasteiger partial charge in [-0.15, -0.1) is 0 Å². The predicted molar refractivity (Wildman–Crippen MR) is 153 cm³/mol. The molecule has 0 bridgehead atoms. The van der Waals surface area contributed by atoms with Crippen LogP contribution in [0, 0.1) is 5.82 Å². The summed E-state index contributed by atoms with van der Waals surface area (Å²) in [6, 6.07) is 19.5. The Morgan fingerprint density at radius 1 is 1.03 bits per heavy atom. The molecule has 198 valence electrons. The highest BCUT2D eigenvalue weighted by Crippen LogP contribution is 2.40. The maximum absolute atomic E-state index is 13.6. The van der Waals surface area contributed by atoms with Crippen molar-refractivity contribution in [3.8, 4) is 11.5 Å². The Kier molecular flexibility index (Phi) is 9.98. The molecule has 0 atom stereocenters. The molecule has 1 fully saturated rings. The van der Waals surface area contributed by atoms with Crippen LogP contribution in [0.15, 0.2) is 81.1 Å². The molecule has 1 aliphatic heterocycles. The number of carbonyl (C=O) groups excluding carboxylic acids is 1. The lowest BCUT2D eigenvalue weighted by atomic mass is 10.1. The zero-order chi connectivity index (χ0) is 26.9. The minimum Gasteiger partial charge on any atom is -0.490 e. The van der Waals surface area contributed by atoms with Gasteiger partial charge in [-0.2, -0.15) is 0 Å². The molecule has 4 rings (SSSR count). The van der Waals surface area contributed by atoms with Gasteiger partial charge >= 0.3 is 0 Å². The number of hydrogen-bond acceptors (Lipinski definition) is 6. The van der Waals surface area contributed by atoms with Crippen LogP contribution in [0.2, 0.25) is 0 Å². The highest BCUT2D eigenvalue weighted by Gasteiger charge is 2.33. The smallest absolute Gasteiger partial charge is 0.266 e. The van der Waals surface area contributed by atoms with E-state index in [1.165, 1.54) is 23.9 Å². The van der Waals surface area contributed by atoms with Crippen molar-refractivity contribution in [2.45, 2.75) is 20.5 Å². The van der Waals surface area contributed by atoms with Crippen molar-refractivity contribution in [2.75, 3.05) is 26.4 Å². The summed E-state index contributed by atoms with van der Waals surface area (Å²) in [6.07, 6.45) is 1.82. The number of amidine groups is 1. The molecule has 1 heterocycles. The van der Waals surface area contributed by atoms with Crippen LogP contribution >= 0.6 is 27.7 Å². The lowest BCUT2D eigenvalue weighted by Crippen LogP contribution is -2.32. The molecule has 6 nitrogen and oxygen atoms in total. The molecule has 0 spiro atoms. The summed E-state index contributed by atoms with van der Waals surface area (Å²) < 4.78 is 31.6. The number of nitrogens with zero attached hydrogens (tertiary/aromatic N) is 2. The lowest BCUT2D eigenvalue weighted by Gasteiger charge is -2.15. The van der Waals surface area contributed by atoms with Crippen LogP contribution in [0.4, 0.5) is 10.1 Å². The predicted octanol–water partition coefficient (Wildman–Crippen LogP) is 7.21. The summed E-state index contributed by atoms with van der Waals surface area (Å²) in [5.41, 5.74) is 2.24. The fourth-order valence-corrected chi connectivity index (χ4v) is 5.31. The van der Waals surface area contributed by atoms with Gasteiger partial charge in [0, 0.05) is 6.61 Å². The van der Waals surface area contributed by atoms with Crippen LogP contribution in [-0.2, 0) is 16.1 Å². The van der Waals surface area contributed by atoms with Gasteiger partial charge in [-0.25, -0.2) is 9.38 Å². The van der Waals surface area contributed by atoms with Gasteiger partial charge in [0.1, 0.15) is 12.4 Å². The average molecular weight is 600 g/mol. The van der Waals surface area contributed by atoms with Crippen molar-refractivity contribution in [3.63, 3.8) is 0 Å². The second-order valence-electron chi connectivity index (χ2n) is 8.18. The number of benzene rings is 3. The van der Waals surface area contributed by atoms with E-state index in [0.29, 0.717) is 58.0 Å². The third-order valence-electron chi connectivity index (χ3n) is 5.43. The SMILES string of the molecule is CCOCCN1C(=O)/C(=C/c2cc(Br)c(OCc3cccc(F)c3)c(OCC)c2)SC1=Nc1ccccc1. The summed E-state index contributed by atoms with van der Waals surface area (Å²) >= 11 is 4.90. The Hall–Kier alpha value is -3.14. The number of amides is 1. The van der Waals surface area contributed by atoms with Gasteiger partial charge in [0.05, 0.1) is 34.8 Å². The van der Waals surface area contributed by atoms with Gasteiger partial charge in [0.2, 0.25) is 0 Å². The highest BCUT2D eigenvalue weighted by atomic mass is 79.9. The molecule has 38 heavy (non-hydrogen) atoms. The molecule has 1 saturated heterocycles. The van der Waals surface area contributed by atoms with Crippen LogP contribution in [0.25, 0.3) is 6.08 Å². The van der Waals surface area contributed by atoms with E-state index in [0.717, 1.165) is 11.3 Å². The van der Waals surface area contributed by atoms with E-state index < -0.39 is 0 Å². The fourth-order valence-electron chi connectivity index (χ4n) is 3.71. The largest absolute Gasteiger partial charge is 0.490 e. The second kappa shape index (κ2) is 13.6. The van der Waals surface area contributed by atoms with Crippen molar-refractivity contribution < 1.29 is 23.4 Å². The van der Waals surface area contributed by atoms with Crippen LogP contribution in [-0.4, -0.2) is 42.3 Å². The maximum atomic E-state index is 13.6. The summed E-state index contributed by atoms with van der Waals surface area (Å²) in [5, 5.41) is 0.603. The molecular formula is C29H28BrFN2O4S. The van der Waals surface area contributed by atoms with Crippen LogP contribution in [0.5, 0.6) is 11.5 Å². The molecule has 0 saturated carbocycles. The zero-order valence-electron chi connectivity index (χ0n) is 21.2. The third kappa shape index (κ3) is 7.24. The fraction of sp³-hybridized carbons (Fsp3) is 0.241. The molecule has 3 aromatic carbocycles. The van der Waals surface area contributed by atoms with Crippen LogP contribution < -0.4 is 9.47 Å².